The predicted octanol–water partition coefficient (Wildman–Crippen LogP) is 3.56. The second kappa shape index (κ2) is 7.16. The first-order valence-electron chi connectivity index (χ1n) is 7.65. The third kappa shape index (κ3) is 4.27. The molecule has 0 amide bonds. The highest BCUT2D eigenvalue weighted by atomic mass is 32.2. The highest BCUT2D eigenvalue weighted by molar-refractivity contribution is 8.00. The first-order chi connectivity index (χ1) is 9.65. The van der Waals surface area contributed by atoms with Crippen LogP contribution < -0.4 is 10.6 Å². The lowest BCUT2D eigenvalue weighted by molar-refractivity contribution is 0.633. The third-order valence-corrected chi connectivity index (χ3v) is 5.09. The molecule has 0 radical (unpaired) electrons. The number of rotatable bonds is 7. The van der Waals surface area contributed by atoms with E-state index in [9.17, 15) is 0 Å². The van der Waals surface area contributed by atoms with Crippen molar-refractivity contribution in [1.29, 1.82) is 0 Å². The first-order valence-corrected chi connectivity index (χ1v) is 8.63. The van der Waals surface area contributed by atoms with Crippen LogP contribution in [0.2, 0.25) is 0 Å². The molecule has 0 spiro atoms. The molecule has 1 aromatic heterocycles. The van der Waals surface area contributed by atoms with Gasteiger partial charge in [-0.3, -0.25) is 0 Å². The van der Waals surface area contributed by atoms with Crippen LogP contribution >= 0.6 is 11.8 Å². The summed E-state index contributed by atoms with van der Waals surface area (Å²) in [6, 6.07) is 2.02. The Bertz CT molecular complexity index is 406. The van der Waals surface area contributed by atoms with E-state index in [1.807, 2.05) is 6.07 Å². The summed E-state index contributed by atoms with van der Waals surface area (Å²) in [6.07, 6.45) is 4.62. The number of thioether (sulfide) groups is 1. The zero-order valence-electron chi connectivity index (χ0n) is 12.8. The fourth-order valence-electron chi connectivity index (χ4n) is 2.45. The van der Waals surface area contributed by atoms with E-state index in [-0.39, 0.29) is 0 Å². The summed E-state index contributed by atoms with van der Waals surface area (Å²) in [6.45, 7) is 8.45. The van der Waals surface area contributed by atoms with E-state index in [1.54, 1.807) is 0 Å². The zero-order chi connectivity index (χ0) is 14.4. The number of nitrogens with zero attached hydrogens (tertiary/aromatic N) is 2. The van der Waals surface area contributed by atoms with Crippen LogP contribution in [0.25, 0.3) is 0 Å². The predicted molar refractivity (Wildman–Crippen MR) is 88.8 cm³/mol. The number of aromatic nitrogens is 2. The van der Waals surface area contributed by atoms with Gasteiger partial charge in [0.2, 0.25) is 0 Å². The molecular weight excluding hydrogens is 268 g/mol. The molecule has 1 fully saturated rings. The van der Waals surface area contributed by atoms with Gasteiger partial charge < -0.3 is 10.6 Å². The SMILES string of the molecule is CCCc1nc(NCC)cc(NCC2(C)CCCS2)n1. The van der Waals surface area contributed by atoms with Crippen molar-refractivity contribution >= 4 is 23.4 Å². The van der Waals surface area contributed by atoms with Crippen LogP contribution in [0, 0.1) is 0 Å². The quantitative estimate of drug-likeness (QED) is 0.805. The molecule has 2 rings (SSSR count). The summed E-state index contributed by atoms with van der Waals surface area (Å²) >= 11 is 2.07. The zero-order valence-corrected chi connectivity index (χ0v) is 13.6. The summed E-state index contributed by atoms with van der Waals surface area (Å²) in [7, 11) is 0. The first kappa shape index (κ1) is 15.4. The van der Waals surface area contributed by atoms with Gasteiger partial charge in [-0.25, -0.2) is 9.97 Å². The molecule has 1 saturated heterocycles. The van der Waals surface area contributed by atoms with Crippen molar-refractivity contribution in [3.8, 4) is 0 Å². The lowest BCUT2D eigenvalue weighted by Gasteiger charge is -2.23. The third-order valence-electron chi connectivity index (χ3n) is 3.55. The van der Waals surface area contributed by atoms with Crippen LogP contribution in [0.4, 0.5) is 11.6 Å². The van der Waals surface area contributed by atoms with Crippen LogP contribution in [0.1, 0.15) is 45.9 Å². The van der Waals surface area contributed by atoms with Gasteiger partial charge in [0, 0.05) is 30.3 Å². The smallest absolute Gasteiger partial charge is 0.133 e. The summed E-state index contributed by atoms with van der Waals surface area (Å²) in [4.78, 5) is 9.17. The molecule has 4 nitrogen and oxygen atoms in total. The second-order valence-electron chi connectivity index (χ2n) is 5.59. The Morgan fingerprint density at radius 1 is 1.25 bits per heavy atom. The molecule has 1 unspecified atom stereocenters. The number of hydrogen-bond acceptors (Lipinski definition) is 5. The van der Waals surface area contributed by atoms with Crippen LogP contribution in [-0.2, 0) is 6.42 Å². The molecule has 2 N–H and O–H groups in total. The summed E-state index contributed by atoms with van der Waals surface area (Å²) in [5, 5.41) is 6.80. The van der Waals surface area contributed by atoms with E-state index in [1.165, 1.54) is 18.6 Å². The van der Waals surface area contributed by atoms with Gasteiger partial charge in [0.1, 0.15) is 17.5 Å². The van der Waals surface area contributed by atoms with E-state index in [0.717, 1.165) is 43.4 Å². The van der Waals surface area contributed by atoms with Gasteiger partial charge >= 0.3 is 0 Å². The summed E-state index contributed by atoms with van der Waals surface area (Å²) in [5.41, 5.74) is 0. The van der Waals surface area contributed by atoms with Crippen molar-refractivity contribution in [3.05, 3.63) is 11.9 Å². The maximum atomic E-state index is 4.63. The highest BCUT2D eigenvalue weighted by Crippen LogP contribution is 2.37. The monoisotopic (exact) mass is 294 g/mol. The molecule has 0 aromatic carbocycles. The van der Waals surface area contributed by atoms with E-state index in [4.69, 9.17) is 0 Å². The Kier molecular flexibility index (Phi) is 5.52. The number of hydrogen-bond donors (Lipinski definition) is 2. The average Bonchev–Trinajstić information content (AvgIpc) is 2.85. The minimum atomic E-state index is 0.355. The molecule has 20 heavy (non-hydrogen) atoms. The number of anilines is 2. The van der Waals surface area contributed by atoms with Crippen molar-refractivity contribution in [2.24, 2.45) is 0 Å². The topological polar surface area (TPSA) is 49.8 Å². The lowest BCUT2D eigenvalue weighted by Crippen LogP contribution is -2.27. The highest BCUT2D eigenvalue weighted by Gasteiger charge is 2.29. The Morgan fingerprint density at radius 2 is 2.00 bits per heavy atom. The second-order valence-corrected chi connectivity index (χ2v) is 7.27. The largest absolute Gasteiger partial charge is 0.370 e. The van der Waals surface area contributed by atoms with Crippen molar-refractivity contribution in [2.75, 3.05) is 29.5 Å². The number of aryl methyl sites for hydroxylation is 1. The van der Waals surface area contributed by atoms with Gasteiger partial charge in [-0.15, -0.1) is 0 Å². The molecule has 5 heteroatoms. The molecule has 1 atom stereocenters. The van der Waals surface area contributed by atoms with Crippen molar-refractivity contribution in [3.63, 3.8) is 0 Å². The Labute approximate surface area is 126 Å². The van der Waals surface area contributed by atoms with Crippen molar-refractivity contribution in [1.82, 2.24) is 9.97 Å². The van der Waals surface area contributed by atoms with E-state index in [0.29, 0.717) is 4.75 Å². The van der Waals surface area contributed by atoms with E-state index >= 15 is 0 Å². The van der Waals surface area contributed by atoms with Crippen LogP contribution in [0.3, 0.4) is 0 Å². The van der Waals surface area contributed by atoms with E-state index < -0.39 is 0 Å². The standard InChI is InChI=1S/C15H26N4S/c1-4-7-12-18-13(16-5-2)10-14(19-12)17-11-15(3)8-6-9-20-15/h10H,4-9,11H2,1-3H3,(H2,16,17,18,19). The Hall–Kier alpha value is -0.970. The fourth-order valence-corrected chi connectivity index (χ4v) is 3.69. The van der Waals surface area contributed by atoms with Gasteiger partial charge in [-0.1, -0.05) is 6.92 Å². The Morgan fingerprint density at radius 3 is 2.60 bits per heavy atom. The maximum absolute atomic E-state index is 4.63. The lowest BCUT2D eigenvalue weighted by atomic mass is 10.1. The molecule has 1 aliphatic rings. The molecule has 1 aliphatic heterocycles. The van der Waals surface area contributed by atoms with Crippen molar-refractivity contribution in [2.45, 2.75) is 51.2 Å². The van der Waals surface area contributed by atoms with Crippen molar-refractivity contribution < 1.29 is 0 Å². The van der Waals surface area contributed by atoms with Crippen LogP contribution in [0.15, 0.2) is 6.07 Å². The summed E-state index contributed by atoms with van der Waals surface area (Å²) < 4.78 is 0.355. The molecule has 112 valence electrons. The summed E-state index contributed by atoms with van der Waals surface area (Å²) in [5.74, 6) is 4.09. The van der Waals surface area contributed by atoms with Gasteiger partial charge in [-0.05, 0) is 38.9 Å². The van der Waals surface area contributed by atoms with Gasteiger partial charge in [0.15, 0.2) is 0 Å². The number of nitrogens with one attached hydrogen (secondary N) is 2. The van der Waals surface area contributed by atoms with Gasteiger partial charge in [0.05, 0.1) is 0 Å². The molecule has 0 saturated carbocycles. The minimum Gasteiger partial charge on any atom is -0.370 e. The van der Waals surface area contributed by atoms with Crippen LogP contribution in [0.5, 0.6) is 0 Å². The van der Waals surface area contributed by atoms with E-state index in [2.05, 4.69) is 53.1 Å². The average molecular weight is 294 g/mol. The minimum absolute atomic E-state index is 0.355. The van der Waals surface area contributed by atoms with Gasteiger partial charge in [-0.2, -0.15) is 11.8 Å². The molecular formula is C15H26N4S. The normalized spacial score (nSPS) is 21.9. The molecule has 0 aliphatic carbocycles. The Balaban J connectivity index is 2.05. The van der Waals surface area contributed by atoms with Gasteiger partial charge in [0.25, 0.3) is 0 Å². The fraction of sp³-hybridized carbons (Fsp3) is 0.733. The molecule has 1 aromatic rings. The molecule has 2 heterocycles. The molecule has 0 bridgehead atoms. The maximum Gasteiger partial charge on any atom is 0.133 e. The van der Waals surface area contributed by atoms with Crippen LogP contribution in [-0.4, -0.2) is 33.6 Å².